The zero-order valence-electron chi connectivity index (χ0n) is 48.1. The quantitative estimate of drug-likeness (QED) is 0.0257. The fourth-order valence-electron chi connectivity index (χ4n) is 10.3. The highest BCUT2D eigenvalue weighted by Gasteiger charge is 2.53. The molecule has 3 rings (SSSR count). The van der Waals surface area contributed by atoms with E-state index in [1.165, 1.54) is 96.3 Å². The number of unbranched alkanes of at least 4 members (excludes halogenated alkanes) is 25. The van der Waals surface area contributed by atoms with E-state index in [2.05, 4.69) is 43.5 Å². The second-order valence-corrected chi connectivity index (χ2v) is 22.2. The number of hydrogen-bond donors (Lipinski definition) is 12. The first-order valence-electron chi connectivity index (χ1n) is 30.7. The van der Waals surface area contributed by atoms with Gasteiger partial charge in [0, 0.05) is 6.42 Å². The van der Waals surface area contributed by atoms with E-state index in [-0.39, 0.29) is 18.9 Å². The zero-order chi connectivity index (χ0) is 57.6. The highest BCUT2D eigenvalue weighted by atomic mass is 16.8. The van der Waals surface area contributed by atoms with Crippen molar-refractivity contribution in [2.24, 2.45) is 0 Å². The van der Waals surface area contributed by atoms with E-state index < -0.39 is 124 Å². The summed E-state index contributed by atoms with van der Waals surface area (Å²) in [4.78, 5) is 13.3. The number of aliphatic hydroxyl groups is 11. The minimum absolute atomic E-state index is 0.234. The van der Waals surface area contributed by atoms with Crippen molar-refractivity contribution in [2.45, 2.75) is 311 Å². The Kier molecular flexibility index (Phi) is 39.4. The summed E-state index contributed by atoms with van der Waals surface area (Å²) in [6.07, 6.45) is 19.7. The molecule has 79 heavy (non-hydrogen) atoms. The lowest BCUT2D eigenvalue weighted by atomic mass is 9.96. The van der Waals surface area contributed by atoms with Crippen LogP contribution in [0.5, 0.6) is 0 Å². The van der Waals surface area contributed by atoms with Crippen molar-refractivity contribution >= 4 is 5.91 Å². The molecule has 0 aromatic carbocycles. The number of carbonyl (C=O) groups is 1. The molecule has 3 aliphatic heterocycles. The number of allylic oxidation sites excluding steroid dienone is 5. The number of hydrogen-bond acceptors (Lipinski definition) is 18. The molecule has 0 aromatic heterocycles. The van der Waals surface area contributed by atoms with Gasteiger partial charge in [-0.25, -0.2) is 0 Å². The van der Waals surface area contributed by atoms with Crippen LogP contribution in [-0.2, 0) is 33.2 Å². The molecule has 1 amide bonds. The molecule has 0 radical (unpaired) electrons. The molecule has 17 atom stereocenters. The monoisotopic (exact) mass is 1130 g/mol. The van der Waals surface area contributed by atoms with Crippen molar-refractivity contribution in [1.82, 2.24) is 5.32 Å². The SMILES string of the molecule is CCCCC/C=C\C/C=C\CCCCCCCCCC(=O)NC(COC1OC(CO)C(OC2OC(CO)C(OC3OC(CO)C(O)C(O)C3O)C(O)C2O)C(O)C1O)C(O)/C=C/CCCCCCCCCCCCCCCCC. The first kappa shape index (κ1) is 71.3. The van der Waals surface area contributed by atoms with Crippen LogP contribution in [0.1, 0.15) is 206 Å². The van der Waals surface area contributed by atoms with E-state index in [1.54, 1.807) is 6.08 Å². The Balaban J connectivity index is 1.51. The molecule has 0 saturated carbocycles. The van der Waals surface area contributed by atoms with Gasteiger partial charge in [0.1, 0.15) is 73.2 Å². The molecule has 462 valence electrons. The van der Waals surface area contributed by atoms with Gasteiger partial charge in [-0.2, -0.15) is 0 Å². The average molecular weight is 1130 g/mol. The first-order valence-corrected chi connectivity index (χ1v) is 30.7. The summed E-state index contributed by atoms with van der Waals surface area (Å²) in [7, 11) is 0. The highest BCUT2D eigenvalue weighted by Crippen LogP contribution is 2.33. The molecule has 3 aliphatic rings. The summed E-state index contributed by atoms with van der Waals surface area (Å²) in [5, 5.41) is 120. The van der Waals surface area contributed by atoms with Gasteiger partial charge in [-0.1, -0.05) is 185 Å². The number of rotatable bonds is 45. The Bertz CT molecular complexity index is 1590. The molecular formula is C60H109NO18. The standard InChI is InChI=1S/C60H109NO18/c1-3-5-7-9-11-13-15-17-19-21-23-25-27-29-31-33-35-37-44(65)43(61-48(66)38-36-34-32-30-28-26-24-22-20-18-16-14-12-10-8-6-4-2)42-74-58-54(72)51(69)56(46(40-63)76-58)79-60-55(73)52(70)57(47(41-64)77-60)78-59-53(71)50(68)49(67)45(39-62)75-59/h12,14,18,20,35,37,43-47,49-60,62-65,67-73H,3-11,13,15-17,19,21-34,36,38-42H2,1-2H3,(H,61,66)/b14-12-,20-18-,37-35+. The van der Waals surface area contributed by atoms with Crippen molar-refractivity contribution in [1.29, 1.82) is 0 Å². The lowest BCUT2D eigenvalue weighted by molar-refractivity contribution is -0.379. The predicted octanol–water partition coefficient (Wildman–Crippen LogP) is 5.71. The van der Waals surface area contributed by atoms with E-state index >= 15 is 0 Å². The fraction of sp³-hybridized carbons (Fsp3) is 0.883. The topological polar surface area (TPSA) is 307 Å². The molecule has 3 heterocycles. The van der Waals surface area contributed by atoms with Gasteiger partial charge in [0.2, 0.25) is 5.91 Å². The predicted molar refractivity (Wildman–Crippen MR) is 300 cm³/mol. The highest BCUT2D eigenvalue weighted by molar-refractivity contribution is 5.76. The van der Waals surface area contributed by atoms with E-state index in [0.717, 1.165) is 83.5 Å². The largest absolute Gasteiger partial charge is 0.394 e. The van der Waals surface area contributed by atoms with Crippen LogP contribution in [0.2, 0.25) is 0 Å². The summed E-state index contributed by atoms with van der Waals surface area (Å²) in [6, 6.07) is -0.976. The van der Waals surface area contributed by atoms with Gasteiger partial charge in [0.25, 0.3) is 0 Å². The number of amides is 1. The smallest absolute Gasteiger partial charge is 0.220 e. The molecular weight excluding hydrogens is 1020 g/mol. The van der Waals surface area contributed by atoms with Crippen LogP contribution in [-0.4, -0.2) is 193 Å². The van der Waals surface area contributed by atoms with Gasteiger partial charge in [-0.3, -0.25) is 4.79 Å². The van der Waals surface area contributed by atoms with Crippen LogP contribution in [0.25, 0.3) is 0 Å². The molecule has 3 fully saturated rings. The third kappa shape index (κ3) is 27.5. The average Bonchev–Trinajstić information content (AvgIpc) is 3.54. The zero-order valence-corrected chi connectivity index (χ0v) is 48.1. The maximum Gasteiger partial charge on any atom is 0.220 e. The molecule has 0 aromatic rings. The van der Waals surface area contributed by atoms with E-state index in [4.69, 9.17) is 28.4 Å². The van der Waals surface area contributed by atoms with Crippen molar-refractivity contribution in [3.05, 3.63) is 36.5 Å². The third-order valence-electron chi connectivity index (χ3n) is 15.4. The Morgan fingerprint density at radius 2 is 0.835 bits per heavy atom. The Labute approximate surface area is 472 Å². The lowest BCUT2D eigenvalue weighted by Gasteiger charge is -2.48. The van der Waals surface area contributed by atoms with E-state index in [0.29, 0.717) is 6.42 Å². The van der Waals surface area contributed by atoms with Crippen molar-refractivity contribution < 1.29 is 89.4 Å². The minimum atomic E-state index is -1.98. The Morgan fingerprint density at radius 3 is 1.32 bits per heavy atom. The number of ether oxygens (including phenoxy) is 6. The number of aliphatic hydroxyl groups excluding tert-OH is 11. The van der Waals surface area contributed by atoms with Crippen LogP contribution in [0.3, 0.4) is 0 Å². The van der Waals surface area contributed by atoms with Crippen LogP contribution in [0.15, 0.2) is 36.5 Å². The fourth-order valence-corrected chi connectivity index (χ4v) is 10.3. The molecule has 0 spiro atoms. The van der Waals surface area contributed by atoms with Crippen LogP contribution in [0, 0.1) is 0 Å². The second-order valence-electron chi connectivity index (χ2n) is 22.2. The Morgan fingerprint density at radius 1 is 0.456 bits per heavy atom. The van der Waals surface area contributed by atoms with Gasteiger partial charge < -0.3 is 89.9 Å². The summed E-state index contributed by atoms with van der Waals surface area (Å²) < 4.78 is 34.2. The van der Waals surface area contributed by atoms with Gasteiger partial charge in [0.05, 0.1) is 38.6 Å². The molecule has 19 nitrogen and oxygen atoms in total. The van der Waals surface area contributed by atoms with Crippen LogP contribution in [0.4, 0.5) is 0 Å². The van der Waals surface area contributed by atoms with Crippen LogP contribution < -0.4 is 5.32 Å². The van der Waals surface area contributed by atoms with Gasteiger partial charge >= 0.3 is 0 Å². The maximum absolute atomic E-state index is 13.3. The molecule has 3 saturated heterocycles. The molecule has 17 unspecified atom stereocenters. The third-order valence-corrected chi connectivity index (χ3v) is 15.4. The Hall–Kier alpha value is -1.99. The van der Waals surface area contributed by atoms with Crippen molar-refractivity contribution in [3.63, 3.8) is 0 Å². The van der Waals surface area contributed by atoms with E-state index in [9.17, 15) is 61.0 Å². The van der Waals surface area contributed by atoms with Gasteiger partial charge in [-0.15, -0.1) is 0 Å². The molecule has 0 aliphatic carbocycles. The molecule has 0 bridgehead atoms. The summed E-state index contributed by atoms with van der Waals surface area (Å²) in [5.41, 5.74) is 0. The van der Waals surface area contributed by atoms with Crippen molar-refractivity contribution in [3.8, 4) is 0 Å². The second kappa shape index (κ2) is 43.6. The minimum Gasteiger partial charge on any atom is -0.394 e. The summed E-state index contributed by atoms with van der Waals surface area (Å²) in [5.74, 6) is -0.284. The molecule has 19 heteroatoms. The van der Waals surface area contributed by atoms with Crippen molar-refractivity contribution in [2.75, 3.05) is 26.4 Å². The summed E-state index contributed by atoms with van der Waals surface area (Å²) in [6.45, 7) is 1.69. The normalized spacial score (nSPS) is 30.5. The number of carbonyl (C=O) groups excluding carboxylic acids is 1. The van der Waals surface area contributed by atoms with Gasteiger partial charge in [-0.05, 0) is 51.4 Å². The van der Waals surface area contributed by atoms with Gasteiger partial charge in [0.15, 0.2) is 18.9 Å². The summed E-state index contributed by atoms with van der Waals surface area (Å²) >= 11 is 0. The first-order chi connectivity index (χ1) is 38.3. The number of nitrogens with one attached hydrogen (secondary N) is 1. The molecule has 12 N–H and O–H groups in total. The van der Waals surface area contributed by atoms with E-state index in [1.807, 2.05) is 6.08 Å². The van der Waals surface area contributed by atoms with Crippen LogP contribution >= 0.6 is 0 Å². The maximum atomic E-state index is 13.3. The lowest BCUT2D eigenvalue weighted by Crippen LogP contribution is -2.66.